The van der Waals surface area contributed by atoms with Crippen molar-refractivity contribution in [2.75, 3.05) is 0 Å². The van der Waals surface area contributed by atoms with Gasteiger partial charge in [0.2, 0.25) is 0 Å². The van der Waals surface area contributed by atoms with E-state index in [1.165, 1.54) is 31.1 Å². The van der Waals surface area contributed by atoms with Crippen LogP contribution in [0.2, 0.25) is 23.7 Å². The van der Waals surface area contributed by atoms with Crippen molar-refractivity contribution in [1.29, 1.82) is 0 Å². The normalized spacial score (nSPS) is 12.3. The van der Waals surface area contributed by atoms with Gasteiger partial charge in [0.05, 0.1) is 0 Å². The third-order valence-corrected chi connectivity index (χ3v) is 35.8. The summed E-state index contributed by atoms with van der Waals surface area (Å²) < 4.78 is 0.464. The van der Waals surface area contributed by atoms with Crippen molar-refractivity contribution in [3.8, 4) is 0 Å². The molecule has 6 aromatic carbocycles. The number of benzene rings is 6. The van der Waals surface area contributed by atoms with Crippen molar-refractivity contribution in [2.45, 2.75) is 23.7 Å². The van der Waals surface area contributed by atoms with Gasteiger partial charge >= 0.3 is 281 Å². The molecule has 0 aromatic heterocycles. The van der Waals surface area contributed by atoms with Crippen LogP contribution in [0.5, 0.6) is 0 Å². The van der Waals surface area contributed by atoms with E-state index in [1.807, 2.05) is 0 Å². The quantitative estimate of drug-likeness (QED) is 0.150. The molecule has 0 saturated carbocycles. The van der Waals surface area contributed by atoms with Crippen molar-refractivity contribution in [2.24, 2.45) is 0 Å². The Morgan fingerprint density at radius 3 is 0.822 bits per heavy atom. The SMILES string of the molecule is C[Si]([C][Se]C([Si](C)(c1ccccc1)c1ccccc1)[Si](C)(c1ccccc1)c1ccccc1)(c1ccccc1)c1ccccc1. The van der Waals surface area contributed by atoms with Crippen LogP contribution in [0.25, 0.3) is 0 Å². The van der Waals surface area contributed by atoms with Crippen LogP contribution in [0.4, 0.5) is 0 Å². The van der Waals surface area contributed by atoms with E-state index < -0.39 is 24.2 Å². The van der Waals surface area contributed by atoms with Crippen LogP contribution < -0.4 is 31.1 Å². The van der Waals surface area contributed by atoms with Gasteiger partial charge in [-0.05, 0) is 0 Å². The van der Waals surface area contributed by atoms with Gasteiger partial charge < -0.3 is 0 Å². The summed E-state index contributed by atoms with van der Waals surface area (Å²) >= 11 is 0.103. The second-order valence-electron chi connectivity index (χ2n) is 12.3. The fourth-order valence-electron chi connectivity index (χ4n) is 6.89. The second kappa shape index (κ2) is 13.9. The van der Waals surface area contributed by atoms with Crippen LogP contribution in [0, 0.1) is 4.94 Å². The molecule has 0 nitrogen and oxygen atoms in total. The van der Waals surface area contributed by atoms with E-state index in [-0.39, 0.29) is 15.0 Å². The van der Waals surface area contributed by atoms with E-state index in [0.29, 0.717) is 4.06 Å². The summed E-state index contributed by atoms with van der Waals surface area (Å²) in [6.45, 7) is 7.84. The molecule has 2 radical (unpaired) electrons. The van der Waals surface area contributed by atoms with E-state index in [2.05, 4.69) is 207 Å². The minimum atomic E-state index is -2.38. The standard InChI is InChI=1S/C41H40SeSi3/c1-43(35-22-10-4-11-23-35,36-24-12-5-13-25-36)34-42-41(44(2,37-26-14-6-15-27-37)38-28-16-7-17-29-38)45(3,39-30-18-8-19-31-39)40-32-20-9-21-33-40/h4-33,41H,1-3H3. The molecule has 0 N–H and O–H groups in total. The molecular weight excluding hydrogens is 656 g/mol. The molecule has 222 valence electrons. The Labute approximate surface area is 279 Å². The summed E-state index contributed by atoms with van der Waals surface area (Å²) in [6.07, 6.45) is 0. The zero-order valence-corrected chi connectivity index (χ0v) is 31.0. The molecule has 0 spiro atoms. The van der Waals surface area contributed by atoms with Crippen molar-refractivity contribution in [1.82, 2.24) is 0 Å². The van der Waals surface area contributed by atoms with Gasteiger partial charge in [0.1, 0.15) is 0 Å². The Hall–Kier alpha value is -3.51. The average molecular weight is 696 g/mol. The monoisotopic (exact) mass is 696 g/mol. The molecule has 6 aromatic rings. The van der Waals surface area contributed by atoms with Gasteiger partial charge in [-0.25, -0.2) is 0 Å². The summed E-state index contributed by atoms with van der Waals surface area (Å²) in [7, 11) is -7.07. The van der Waals surface area contributed by atoms with E-state index >= 15 is 0 Å². The molecule has 0 heterocycles. The van der Waals surface area contributed by atoms with Gasteiger partial charge in [-0.2, -0.15) is 0 Å². The molecule has 0 aliphatic rings. The molecule has 45 heavy (non-hydrogen) atoms. The van der Waals surface area contributed by atoms with Crippen molar-refractivity contribution >= 4 is 70.3 Å². The fourth-order valence-corrected chi connectivity index (χ4v) is 34.0. The van der Waals surface area contributed by atoms with Gasteiger partial charge in [0.25, 0.3) is 0 Å². The zero-order chi connectivity index (χ0) is 31.2. The first kappa shape index (κ1) is 31.5. The van der Waals surface area contributed by atoms with Gasteiger partial charge in [-0.3, -0.25) is 0 Å². The van der Waals surface area contributed by atoms with Crippen molar-refractivity contribution < 1.29 is 0 Å². The van der Waals surface area contributed by atoms with E-state index in [9.17, 15) is 0 Å². The average Bonchev–Trinajstić information content (AvgIpc) is 3.13. The van der Waals surface area contributed by atoms with Crippen LogP contribution in [-0.2, 0) is 0 Å². The number of hydrogen-bond acceptors (Lipinski definition) is 0. The summed E-state index contributed by atoms with van der Waals surface area (Å²) in [5.74, 6) is 0. The van der Waals surface area contributed by atoms with E-state index in [1.54, 1.807) is 0 Å². The van der Waals surface area contributed by atoms with Crippen molar-refractivity contribution in [3.63, 3.8) is 0 Å². The van der Waals surface area contributed by atoms with Crippen LogP contribution in [0.15, 0.2) is 182 Å². The third-order valence-electron chi connectivity index (χ3n) is 9.63. The first-order chi connectivity index (χ1) is 22.0. The molecule has 6 rings (SSSR count). The van der Waals surface area contributed by atoms with Crippen LogP contribution >= 0.6 is 0 Å². The fraction of sp³-hybridized carbons (Fsp3) is 0.0976. The Morgan fingerprint density at radius 1 is 0.356 bits per heavy atom. The van der Waals surface area contributed by atoms with Crippen LogP contribution in [0.3, 0.4) is 0 Å². The van der Waals surface area contributed by atoms with Gasteiger partial charge in [0.15, 0.2) is 0 Å². The molecule has 4 heteroatoms. The Morgan fingerprint density at radius 2 is 0.578 bits per heavy atom. The molecule has 0 aliphatic heterocycles. The van der Waals surface area contributed by atoms with E-state index in [0.717, 1.165) is 0 Å². The second-order valence-corrected chi connectivity index (χ2v) is 29.4. The maximum absolute atomic E-state index is 4.49. The Kier molecular flexibility index (Phi) is 9.70. The molecule has 0 unspecified atom stereocenters. The summed E-state index contributed by atoms with van der Waals surface area (Å²) in [5, 5.41) is 8.91. The molecule has 0 atom stereocenters. The predicted molar refractivity (Wildman–Crippen MR) is 204 cm³/mol. The van der Waals surface area contributed by atoms with Crippen LogP contribution in [0.1, 0.15) is 0 Å². The minimum absolute atomic E-state index is 0.103. The molecule has 0 amide bonds. The first-order valence-corrected chi connectivity index (χ1v) is 25.2. The topological polar surface area (TPSA) is 0 Å². The Balaban J connectivity index is 1.61. The summed E-state index contributed by atoms with van der Waals surface area (Å²) in [5.41, 5.74) is 0. The van der Waals surface area contributed by atoms with Crippen molar-refractivity contribution in [3.05, 3.63) is 187 Å². The van der Waals surface area contributed by atoms with E-state index in [4.69, 9.17) is 0 Å². The Bertz CT molecular complexity index is 1560. The third kappa shape index (κ3) is 6.18. The predicted octanol–water partition coefficient (Wildman–Crippen LogP) is 5.81. The maximum atomic E-state index is 4.49. The molecule has 0 saturated heterocycles. The van der Waals surface area contributed by atoms with Gasteiger partial charge in [-0.15, -0.1) is 0 Å². The summed E-state index contributed by atoms with van der Waals surface area (Å²) in [4.78, 5) is 4.49. The first-order valence-electron chi connectivity index (χ1n) is 15.7. The zero-order valence-electron chi connectivity index (χ0n) is 26.3. The molecule has 0 aliphatic carbocycles. The molecule has 0 fully saturated rings. The number of hydrogen-bond donors (Lipinski definition) is 0. The number of rotatable bonds is 11. The summed E-state index contributed by atoms with van der Waals surface area (Å²) in [6, 6.07) is 68.4. The van der Waals surface area contributed by atoms with Crippen LogP contribution in [-0.4, -0.2) is 39.2 Å². The van der Waals surface area contributed by atoms with Gasteiger partial charge in [-0.1, -0.05) is 0 Å². The van der Waals surface area contributed by atoms with Gasteiger partial charge in [0, 0.05) is 0 Å². The molecular formula is C41H40SeSi3. The molecule has 0 bridgehead atoms.